The molecule has 2 heteroatoms. The molecule has 0 aliphatic rings. The van der Waals surface area contributed by atoms with Gasteiger partial charge in [0.2, 0.25) is 0 Å². The lowest BCUT2D eigenvalue weighted by atomic mass is 9.99. The number of aryl methyl sites for hydroxylation is 1. The van der Waals surface area contributed by atoms with Crippen molar-refractivity contribution in [2.45, 2.75) is 40.5 Å². The van der Waals surface area contributed by atoms with Crippen LogP contribution >= 0.6 is 0 Å². The van der Waals surface area contributed by atoms with Gasteiger partial charge in [-0.25, -0.2) is 0 Å². The van der Waals surface area contributed by atoms with Gasteiger partial charge in [0, 0.05) is 31.2 Å². The van der Waals surface area contributed by atoms with Crippen LogP contribution in [0.4, 0.5) is 5.69 Å². The van der Waals surface area contributed by atoms with Gasteiger partial charge in [-0.3, -0.25) is 4.99 Å². The minimum Gasteiger partial charge on any atom is -0.367 e. The van der Waals surface area contributed by atoms with E-state index in [1.54, 1.807) is 0 Å². The van der Waals surface area contributed by atoms with Crippen molar-refractivity contribution < 1.29 is 0 Å². The lowest BCUT2D eigenvalue weighted by Crippen LogP contribution is -2.27. The maximum Gasteiger partial charge on any atom is 0.0404 e. The molecule has 2 aromatic rings. The van der Waals surface area contributed by atoms with Crippen LogP contribution in [0.3, 0.4) is 0 Å². The Morgan fingerprint density at radius 3 is 2.44 bits per heavy atom. The number of hydrogen-bond donors (Lipinski definition) is 0. The molecule has 0 aliphatic heterocycles. The zero-order valence-corrected chi connectivity index (χ0v) is 16.0. The highest BCUT2D eigenvalue weighted by Gasteiger charge is 2.12. The second kappa shape index (κ2) is 9.83. The summed E-state index contributed by atoms with van der Waals surface area (Å²) in [5.74, 6) is 0. The minimum atomic E-state index is 0.920. The van der Waals surface area contributed by atoms with E-state index in [4.69, 9.17) is 0 Å². The zero-order valence-electron chi connectivity index (χ0n) is 16.0. The van der Waals surface area contributed by atoms with E-state index >= 15 is 0 Å². The summed E-state index contributed by atoms with van der Waals surface area (Å²) in [4.78, 5) is 6.74. The highest BCUT2D eigenvalue weighted by atomic mass is 15.1. The van der Waals surface area contributed by atoms with E-state index in [9.17, 15) is 0 Å². The number of benzene rings is 2. The molecule has 0 N–H and O–H groups in total. The summed E-state index contributed by atoms with van der Waals surface area (Å²) in [5, 5.41) is 0. The van der Waals surface area contributed by atoms with Gasteiger partial charge in [-0.2, -0.15) is 0 Å². The van der Waals surface area contributed by atoms with E-state index in [-0.39, 0.29) is 0 Å². The summed E-state index contributed by atoms with van der Waals surface area (Å²) in [6.45, 7) is 10.5. The molecule has 0 aromatic heterocycles. The molecule has 0 fully saturated rings. The molecule has 132 valence electrons. The topological polar surface area (TPSA) is 15.6 Å². The molecule has 25 heavy (non-hydrogen) atoms. The average Bonchev–Trinajstić information content (AvgIpc) is 2.66. The maximum atomic E-state index is 4.26. The van der Waals surface area contributed by atoms with E-state index in [2.05, 4.69) is 79.2 Å². The van der Waals surface area contributed by atoms with Crippen molar-refractivity contribution in [3.05, 3.63) is 65.9 Å². The summed E-state index contributed by atoms with van der Waals surface area (Å²) >= 11 is 0. The van der Waals surface area contributed by atoms with Crippen molar-refractivity contribution >= 4 is 11.9 Å². The van der Waals surface area contributed by atoms with Crippen LogP contribution in [-0.2, 0) is 6.42 Å². The fraction of sp³-hybridized carbons (Fsp3) is 0.348. The number of nitrogens with zero attached hydrogens (tertiary/aromatic N) is 2. The molecular weight excluding hydrogens is 304 g/mol. The molecular formula is C23H30N2. The molecule has 0 unspecified atom stereocenters. The summed E-state index contributed by atoms with van der Waals surface area (Å²) in [5.41, 5.74) is 6.60. The second-order valence-electron chi connectivity index (χ2n) is 6.37. The SMILES string of the molecule is CC=N/C=C(\C)CN(CCC)c1ccc(-c2ccccc2)cc1CC. The van der Waals surface area contributed by atoms with Crippen LogP contribution in [0.2, 0.25) is 0 Å². The minimum absolute atomic E-state index is 0.920. The first-order valence-corrected chi connectivity index (χ1v) is 9.26. The number of rotatable bonds is 8. The van der Waals surface area contributed by atoms with Gasteiger partial charge in [-0.15, -0.1) is 0 Å². The van der Waals surface area contributed by atoms with Gasteiger partial charge in [0.15, 0.2) is 0 Å². The van der Waals surface area contributed by atoms with Crippen LogP contribution in [0.5, 0.6) is 0 Å². The van der Waals surface area contributed by atoms with Crippen molar-refractivity contribution in [2.75, 3.05) is 18.0 Å². The Balaban J connectivity index is 2.34. The first-order valence-electron chi connectivity index (χ1n) is 9.26. The first-order chi connectivity index (χ1) is 12.2. The predicted molar refractivity (Wildman–Crippen MR) is 112 cm³/mol. The third-order valence-corrected chi connectivity index (χ3v) is 4.29. The molecule has 2 nitrogen and oxygen atoms in total. The van der Waals surface area contributed by atoms with Gasteiger partial charge >= 0.3 is 0 Å². The van der Waals surface area contributed by atoms with Crippen LogP contribution in [-0.4, -0.2) is 19.3 Å². The van der Waals surface area contributed by atoms with Gasteiger partial charge in [0.1, 0.15) is 0 Å². The molecule has 0 heterocycles. The number of aliphatic imine (C=N–C) groups is 1. The molecule has 0 bridgehead atoms. The molecule has 2 rings (SSSR count). The Kier molecular flexibility index (Phi) is 7.46. The molecule has 0 amide bonds. The molecule has 0 spiro atoms. The zero-order chi connectivity index (χ0) is 18.1. The van der Waals surface area contributed by atoms with Gasteiger partial charge < -0.3 is 4.90 Å². The van der Waals surface area contributed by atoms with Crippen molar-refractivity contribution in [3.63, 3.8) is 0 Å². The Morgan fingerprint density at radius 1 is 1.04 bits per heavy atom. The normalized spacial score (nSPS) is 11.9. The highest BCUT2D eigenvalue weighted by Crippen LogP contribution is 2.28. The number of anilines is 1. The monoisotopic (exact) mass is 334 g/mol. The van der Waals surface area contributed by atoms with Crippen LogP contribution < -0.4 is 4.90 Å². The van der Waals surface area contributed by atoms with Crippen LogP contribution in [0.1, 0.15) is 39.7 Å². The van der Waals surface area contributed by atoms with Crippen molar-refractivity contribution in [2.24, 2.45) is 4.99 Å². The molecule has 2 aromatic carbocycles. The van der Waals surface area contributed by atoms with Crippen molar-refractivity contribution in [1.29, 1.82) is 0 Å². The largest absolute Gasteiger partial charge is 0.367 e. The Labute approximate surface area is 152 Å². The van der Waals surface area contributed by atoms with Gasteiger partial charge in [0.25, 0.3) is 0 Å². The van der Waals surface area contributed by atoms with E-state index in [1.165, 1.54) is 28.0 Å². The van der Waals surface area contributed by atoms with Crippen LogP contribution in [0.25, 0.3) is 11.1 Å². The summed E-state index contributed by atoms with van der Waals surface area (Å²) < 4.78 is 0. The standard InChI is InChI=1S/C23H30N2/c1-5-15-25(18-19(4)17-24-7-3)23-14-13-22(16-20(23)6-2)21-11-9-8-10-12-21/h7-14,16-17H,5-6,15,18H2,1-4H3/b19-17+,24-7?. The van der Waals surface area contributed by atoms with Crippen LogP contribution in [0.15, 0.2) is 65.3 Å². The van der Waals surface area contributed by atoms with Crippen molar-refractivity contribution in [1.82, 2.24) is 0 Å². The van der Waals surface area contributed by atoms with Gasteiger partial charge in [-0.1, -0.05) is 50.2 Å². The first kappa shape index (κ1) is 19.0. The molecule has 0 radical (unpaired) electrons. The van der Waals surface area contributed by atoms with Gasteiger partial charge in [0.05, 0.1) is 0 Å². The summed E-state index contributed by atoms with van der Waals surface area (Å²) in [6, 6.07) is 17.5. The maximum absolute atomic E-state index is 4.26. The highest BCUT2D eigenvalue weighted by molar-refractivity contribution is 5.69. The second-order valence-corrected chi connectivity index (χ2v) is 6.37. The van der Waals surface area contributed by atoms with Gasteiger partial charge in [-0.05, 0) is 61.1 Å². The molecule has 0 aliphatic carbocycles. The van der Waals surface area contributed by atoms with Crippen molar-refractivity contribution in [3.8, 4) is 11.1 Å². The smallest absolute Gasteiger partial charge is 0.0404 e. The van der Waals surface area contributed by atoms with E-state index < -0.39 is 0 Å². The lowest BCUT2D eigenvalue weighted by molar-refractivity contribution is 0.794. The molecule has 0 saturated heterocycles. The van der Waals surface area contributed by atoms with Crippen LogP contribution in [0, 0.1) is 0 Å². The van der Waals surface area contributed by atoms with E-state index in [0.717, 1.165) is 25.9 Å². The van der Waals surface area contributed by atoms with E-state index in [0.29, 0.717) is 0 Å². The Hall–Kier alpha value is -2.35. The fourth-order valence-corrected chi connectivity index (χ4v) is 3.09. The molecule has 0 saturated carbocycles. The quantitative estimate of drug-likeness (QED) is 0.530. The molecule has 0 atom stereocenters. The number of hydrogen-bond acceptors (Lipinski definition) is 2. The lowest BCUT2D eigenvalue weighted by Gasteiger charge is -2.27. The third-order valence-electron chi connectivity index (χ3n) is 4.29. The van der Waals surface area contributed by atoms with E-state index in [1.807, 2.05) is 19.3 Å². The average molecular weight is 335 g/mol. The Bertz CT molecular complexity index is 714. The predicted octanol–water partition coefficient (Wildman–Crippen LogP) is 6.13. The summed E-state index contributed by atoms with van der Waals surface area (Å²) in [6.07, 6.45) is 5.96. The third kappa shape index (κ3) is 5.32. The Morgan fingerprint density at radius 2 is 1.80 bits per heavy atom. The summed E-state index contributed by atoms with van der Waals surface area (Å²) in [7, 11) is 0. The fourth-order valence-electron chi connectivity index (χ4n) is 3.09.